The molecule has 4 rings (SSSR count). The van der Waals surface area contributed by atoms with Crippen LogP contribution >= 0.6 is 0 Å². The van der Waals surface area contributed by atoms with Gasteiger partial charge < -0.3 is 14.0 Å². The fraction of sp³-hybridized carbons (Fsp3) is 0.207. The van der Waals surface area contributed by atoms with Gasteiger partial charge in [0.25, 0.3) is 0 Å². The van der Waals surface area contributed by atoms with Crippen LogP contribution in [0.15, 0.2) is 77.3 Å². The van der Waals surface area contributed by atoms with E-state index in [1.54, 1.807) is 36.4 Å². The van der Waals surface area contributed by atoms with Gasteiger partial charge in [0.2, 0.25) is 5.78 Å². The van der Waals surface area contributed by atoms with Crippen molar-refractivity contribution in [1.29, 1.82) is 0 Å². The van der Waals surface area contributed by atoms with Crippen LogP contribution in [-0.2, 0) is 11.3 Å². The minimum Gasteiger partial charge on any atom is -0.489 e. The standard InChI is InChI=1S/C29H27NO5/c1-18-5-9-22(10-6-18)27(31)28(23-11-7-19(2)8-12-23)34-29(32)24-13-15-25(16-14-24)33-17-26-20(3)30-35-21(26)4/h5-16,28H,17H2,1-4H3/t28-/m0/s1. The predicted molar refractivity (Wildman–Crippen MR) is 132 cm³/mol. The Bertz CT molecular complexity index is 1300. The largest absolute Gasteiger partial charge is 0.489 e. The van der Waals surface area contributed by atoms with Crippen LogP contribution in [0.2, 0.25) is 0 Å². The molecule has 6 nitrogen and oxygen atoms in total. The van der Waals surface area contributed by atoms with Crippen LogP contribution in [0.4, 0.5) is 0 Å². The van der Waals surface area contributed by atoms with Gasteiger partial charge in [-0.15, -0.1) is 0 Å². The summed E-state index contributed by atoms with van der Waals surface area (Å²) in [5, 5.41) is 3.92. The number of carbonyl (C=O) groups excluding carboxylic acids is 2. The molecule has 0 saturated heterocycles. The zero-order valence-corrected chi connectivity index (χ0v) is 20.2. The Labute approximate surface area is 204 Å². The molecule has 35 heavy (non-hydrogen) atoms. The number of aryl methyl sites for hydroxylation is 4. The third kappa shape index (κ3) is 5.66. The van der Waals surface area contributed by atoms with Gasteiger partial charge in [0, 0.05) is 11.1 Å². The molecule has 178 valence electrons. The van der Waals surface area contributed by atoms with Crippen molar-refractivity contribution in [2.75, 3.05) is 0 Å². The first kappa shape index (κ1) is 24.0. The zero-order valence-electron chi connectivity index (χ0n) is 20.2. The molecule has 6 heteroatoms. The fourth-order valence-electron chi connectivity index (χ4n) is 3.61. The van der Waals surface area contributed by atoms with Crippen molar-refractivity contribution >= 4 is 11.8 Å². The van der Waals surface area contributed by atoms with E-state index in [4.69, 9.17) is 14.0 Å². The predicted octanol–water partition coefficient (Wildman–Crippen LogP) is 6.27. The maximum atomic E-state index is 13.3. The molecule has 1 atom stereocenters. The summed E-state index contributed by atoms with van der Waals surface area (Å²) < 4.78 is 16.7. The third-order valence-electron chi connectivity index (χ3n) is 5.83. The second-order valence-corrected chi connectivity index (χ2v) is 8.54. The lowest BCUT2D eigenvalue weighted by Gasteiger charge is -2.18. The second kappa shape index (κ2) is 10.4. The smallest absolute Gasteiger partial charge is 0.339 e. The Balaban J connectivity index is 1.50. The van der Waals surface area contributed by atoms with Crippen LogP contribution in [0.5, 0.6) is 5.75 Å². The highest BCUT2D eigenvalue weighted by molar-refractivity contribution is 6.02. The number of hydrogen-bond acceptors (Lipinski definition) is 6. The normalized spacial score (nSPS) is 11.7. The van der Waals surface area contributed by atoms with Crippen LogP contribution in [0.25, 0.3) is 0 Å². The molecule has 0 bridgehead atoms. The fourth-order valence-corrected chi connectivity index (χ4v) is 3.61. The summed E-state index contributed by atoms with van der Waals surface area (Å²) in [5.74, 6) is 0.436. The van der Waals surface area contributed by atoms with Crippen LogP contribution < -0.4 is 4.74 Å². The lowest BCUT2D eigenvalue weighted by atomic mass is 9.98. The molecular formula is C29H27NO5. The SMILES string of the molecule is Cc1ccc(C(=O)[C@@H](OC(=O)c2ccc(OCc3c(C)noc3C)cc2)c2ccc(C)cc2)cc1. The number of ketones is 1. The van der Waals surface area contributed by atoms with Gasteiger partial charge in [0.15, 0.2) is 6.10 Å². The van der Waals surface area contributed by atoms with Gasteiger partial charge in [0.1, 0.15) is 18.1 Å². The first-order valence-corrected chi connectivity index (χ1v) is 11.3. The highest BCUT2D eigenvalue weighted by Crippen LogP contribution is 2.26. The summed E-state index contributed by atoms with van der Waals surface area (Å²) in [6, 6.07) is 21.3. The van der Waals surface area contributed by atoms with Crippen LogP contribution in [-0.4, -0.2) is 16.9 Å². The summed E-state index contributed by atoms with van der Waals surface area (Å²) in [7, 11) is 0. The molecule has 0 radical (unpaired) electrons. The summed E-state index contributed by atoms with van der Waals surface area (Å²) >= 11 is 0. The van der Waals surface area contributed by atoms with Crippen molar-refractivity contribution in [2.45, 2.75) is 40.4 Å². The molecule has 1 aromatic heterocycles. The average Bonchev–Trinajstić information content (AvgIpc) is 3.19. The number of esters is 1. The summed E-state index contributed by atoms with van der Waals surface area (Å²) in [4.78, 5) is 26.3. The van der Waals surface area contributed by atoms with Crippen LogP contribution in [0.3, 0.4) is 0 Å². The molecule has 0 unspecified atom stereocenters. The molecule has 0 fully saturated rings. The first-order chi connectivity index (χ1) is 16.8. The van der Waals surface area contributed by atoms with Gasteiger partial charge in [-0.05, 0) is 52.0 Å². The summed E-state index contributed by atoms with van der Waals surface area (Å²) in [5.41, 5.74) is 5.19. The Hall–Kier alpha value is -4.19. The molecule has 0 aliphatic rings. The van der Waals surface area contributed by atoms with E-state index in [1.807, 2.05) is 64.1 Å². The molecule has 0 aliphatic heterocycles. The number of rotatable bonds is 8. The highest BCUT2D eigenvalue weighted by Gasteiger charge is 2.27. The Morgan fingerprint density at radius 3 is 1.94 bits per heavy atom. The number of hydrogen-bond donors (Lipinski definition) is 0. The van der Waals surface area contributed by atoms with Gasteiger partial charge >= 0.3 is 5.97 Å². The van der Waals surface area contributed by atoms with Crippen LogP contribution in [0, 0.1) is 27.7 Å². The van der Waals surface area contributed by atoms with Gasteiger partial charge in [-0.3, -0.25) is 4.79 Å². The number of ether oxygens (including phenoxy) is 2. The molecule has 3 aromatic carbocycles. The Morgan fingerprint density at radius 1 is 0.800 bits per heavy atom. The van der Waals surface area contributed by atoms with Gasteiger partial charge in [-0.25, -0.2) is 4.79 Å². The van der Waals surface area contributed by atoms with Crippen molar-refractivity contribution < 1.29 is 23.6 Å². The molecule has 0 N–H and O–H groups in total. The Morgan fingerprint density at radius 2 is 1.37 bits per heavy atom. The van der Waals surface area contributed by atoms with E-state index in [0.717, 1.165) is 22.4 Å². The minimum absolute atomic E-state index is 0.276. The topological polar surface area (TPSA) is 78.6 Å². The Kier molecular flexibility index (Phi) is 7.11. The van der Waals surface area contributed by atoms with Gasteiger partial charge in [-0.1, -0.05) is 64.8 Å². The average molecular weight is 470 g/mol. The second-order valence-electron chi connectivity index (χ2n) is 8.54. The highest BCUT2D eigenvalue weighted by atomic mass is 16.5. The van der Waals surface area contributed by atoms with Crippen molar-refractivity contribution in [3.63, 3.8) is 0 Å². The molecule has 1 heterocycles. The van der Waals surface area contributed by atoms with E-state index < -0.39 is 12.1 Å². The van der Waals surface area contributed by atoms with E-state index >= 15 is 0 Å². The molecule has 4 aromatic rings. The van der Waals surface area contributed by atoms with E-state index in [1.165, 1.54) is 0 Å². The summed E-state index contributed by atoms with van der Waals surface area (Å²) in [6.07, 6.45) is -1.05. The van der Waals surface area contributed by atoms with Gasteiger partial charge in [-0.2, -0.15) is 0 Å². The van der Waals surface area contributed by atoms with Crippen LogP contribution in [0.1, 0.15) is 60.5 Å². The maximum absolute atomic E-state index is 13.3. The molecule has 0 saturated carbocycles. The number of Topliss-reactive ketones (excluding diaryl/α,β-unsaturated/α-hetero) is 1. The summed E-state index contributed by atoms with van der Waals surface area (Å²) in [6.45, 7) is 7.91. The van der Waals surface area contributed by atoms with Crippen molar-refractivity contribution in [3.05, 3.63) is 118 Å². The van der Waals surface area contributed by atoms with E-state index in [9.17, 15) is 9.59 Å². The molecular weight excluding hydrogens is 442 g/mol. The van der Waals surface area contributed by atoms with Crippen molar-refractivity contribution in [2.24, 2.45) is 0 Å². The van der Waals surface area contributed by atoms with E-state index in [-0.39, 0.29) is 5.78 Å². The number of benzene rings is 3. The third-order valence-corrected chi connectivity index (χ3v) is 5.83. The van der Waals surface area contributed by atoms with Crippen molar-refractivity contribution in [3.8, 4) is 5.75 Å². The quantitative estimate of drug-likeness (QED) is 0.224. The van der Waals surface area contributed by atoms with E-state index in [2.05, 4.69) is 5.16 Å². The minimum atomic E-state index is -1.05. The van der Waals surface area contributed by atoms with E-state index in [0.29, 0.717) is 34.8 Å². The lowest BCUT2D eigenvalue weighted by Crippen LogP contribution is -2.20. The monoisotopic (exact) mass is 469 g/mol. The lowest BCUT2D eigenvalue weighted by molar-refractivity contribution is 0.0280. The zero-order chi connectivity index (χ0) is 24.9. The number of nitrogens with zero attached hydrogens (tertiary/aromatic N) is 1. The molecule has 0 amide bonds. The molecule has 0 aliphatic carbocycles. The number of carbonyl (C=O) groups is 2. The van der Waals surface area contributed by atoms with Crippen molar-refractivity contribution in [1.82, 2.24) is 5.16 Å². The first-order valence-electron chi connectivity index (χ1n) is 11.3. The van der Waals surface area contributed by atoms with Gasteiger partial charge in [0.05, 0.1) is 16.8 Å². The number of aromatic nitrogens is 1. The maximum Gasteiger partial charge on any atom is 0.339 e. The molecule has 0 spiro atoms.